The van der Waals surface area contributed by atoms with Crippen LogP contribution in [0.15, 0.2) is 10.6 Å². The van der Waals surface area contributed by atoms with Crippen molar-refractivity contribution < 1.29 is 18.8 Å². The van der Waals surface area contributed by atoms with Gasteiger partial charge in [0.1, 0.15) is 5.76 Å². The normalized spacial score (nSPS) is 28.8. The lowest BCUT2D eigenvalue weighted by Gasteiger charge is -2.16. The van der Waals surface area contributed by atoms with Crippen LogP contribution in [-0.4, -0.2) is 54.2 Å². The van der Waals surface area contributed by atoms with Crippen LogP contribution < -0.4 is 5.32 Å². The minimum absolute atomic E-state index is 0.0611. The second kappa shape index (κ2) is 6.78. The minimum Gasteiger partial charge on any atom is -0.466 e. The Labute approximate surface area is 147 Å². The summed E-state index contributed by atoms with van der Waals surface area (Å²) in [5.74, 6) is 1.56. The van der Waals surface area contributed by atoms with E-state index in [1.165, 1.54) is 0 Å². The zero-order valence-corrected chi connectivity index (χ0v) is 14.6. The van der Waals surface area contributed by atoms with E-state index in [0.29, 0.717) is 24.1 Å². The summed E-state index contributed by atoms with van der Waals surface area (Å²) < 4.78 is 10.3. The third-order valence-corrected chi connectivity index (χ3v) is 5.35. The molecule has 3 aliphatic rings. The highest BCUT2D eigenvalue weighted by atomic mass is 16.5. The van der Waals surface area contributed by atoms with E-state index in [9.17, 15) is 9.59 Å². The molecule has 1 amide bonds. The van der Waals surface area contributed by atoms with E-state index in [0.717, 1.165) is 51.1 Å². The summed E-state index contributed by atoms with van der Waals surface area (Å²) in [4.78, 5) is 26.3. The summed E-state index contributed by atoms with van der Waals surface area (Å²) in [5, 5.41) is 6.94. The van der Waals surface area contributed by atoms with Gasteiger partial charge in [-0.25, -0.2) is 0 Å². The van der Waals surface area contributed by atoms with Crippen LogP contribution >= 0.6 is 0 Å². The van der Waals surface area contributed by atoms with Gasteiger partial charge in [0, 0.05) is 37.7 Å². The van der Waals surface area contributed by atoms with Gasteiger partial charge in [-0.3, -0.25) is 9.59 Å². The minimum atomic E-state index is -0.154. The number of carbonyl (C=O) groups is 2. The maximum atomic E-state index is 12.3. The second-order valence-corrected chi connectivity index (χ2v) is 7.46. The first-order valence-electron chi connectivity index (χ1n) is 9.30. The number of amides is 1. The Morgan fingerprint density at radius 3 is 3.00 bits per heavy atom. The van der Waals surface area contributed by atoms with E-state index in [4.69, 9.17) is 9.26 Å². The fourth-order valence-electron chi connectivity index (χ4n) is 3.65. The lowest BCUT2D eigenvalue weighted by atomic mass is 10.2. The molecule has 1 aliphatic heterocycles. The number of carbonyl (C=O) groups excluding carboxylic acids is 2. The molecule has 3 fully saturated rings. The molecule has 7 nitrogen and oxygen atoms in total. The van der Waals surface area contributed by atoms with E-state index in [-0.39, 0.29) is 23.8 Å². The monoisotopic (exact) mass is 347 g/mol. The highest BCUT2D eigenvalue weighted by molar-refractivity contribution is 5.92. The van der Waals surface area contributed by atoms with Crippen molar-refractivity contribution >= 4 is 11.9 Å². The number of hydrogen-bond acceptors (Lipinski definition) is 6. The van der Waals surface area contributed by atoms with Crippen LogP contribution in [0.4, 0.5) is 0 Å². The predicted octanol–water partition coefficient (Wildman–Crippen LogP) is 1.56. The van der Waals surface area contributed by atoms with Crippen LogP contribution in [0.2, 0.25) is 0 Å². The van der Waals surface area contributed by atoms with Crippen molar-refractivity contribution in [2.24, 2.45) is 11.8 Å². The molecule has 4 rings (SSSR count). The number of nitrogens with one attached hydrogen (secondary N) is 1. The Kier molecular flexibility index (Phi) is 4.50. The molecule has 0 aromatic carbocycles. The molecule has 1 aromatic heterocycles. The summed E-state index contributed by atoms with van der Waals surface area (Å²) in [6, 6.07) is 1.90. The van der Waals surface area contributed by atoms with E-state index < -0.39 is 0 Å². The van der Waals surface area contributed by atoms with Gasteiger partial charge in [0.05, 0.1) is 12.5 Å². The number of esters is 1. The number of hydrogen-bond donors (Lipinski definition) is 1. The molecular weight excluding hydrogens is 322 g/mol. The van der Waals surface area contributed by atoms with Gasteiger partial charge >= 0.3 is 5.97 Å². The molecule has 2 aliphatic carbocycles. The highest BCUT2D eigenvalue weighted by Crippen LogP contribution is 2.41. The molecule has 1 N–H and O–H groups in total. The van der Waals surface area contributed by atoms with Crippen molar-refractivity contribution in [2.45, 2.75) is 44.6 Å². The van der Waals surface area contributed by atoms with Gasteiger partial charge in [0.15, 0.2) is 5.69 Å². The third kappa shape index (κ3) is 3.86. The summed E-state index contributed by atoms with van der Waals surface area (Å²) >= 11 is 0. The average Bonchev–Trinajstić information content (AvgIpc) is 3.48. The maximum Gasteiger partial charge on any atom is 0.309 e. The molecule has 0 bridgehead atoms. The van der Waals surface area contributed by atoms with Crippen LogP contribution in [0.25, 0.3) is 0 Å². The summed E-state index contributed by atoms with van der Waals surface area (Å²) in [6.07, 6.45) is 4.11. The second-order valence-electron chi connectivity index (χ2n) is 7.46. The topological polar surface area (TPSA) is 84.7 Å². The molecule has 0 spiro atoms. The highest BCUT2D eigenvalue weighted by Gasteiger charge is 2.45. The molecule has 25 heavy (non-hydrogen) atoms. The molecule has 0 radical (unpaired) electrons. The quantitative estimate of drug-likeness (QED) is 0.754. The molecule has 1 saturated heterocycles. The summed E-state index contributed by atoms with van der Waals surface area (Å²) in [5.41, 5.74) is 0.380. The molecule has 2 saturated carbocycles. The van der Waals surface area contributed by atoms with Gasteiger partial charge in [0.2, 0.25) is 0 Å². The van der Waals surface area contributed by atoms with Gasteiger partial charge < -0.3 is 19.5 Å². The predicted molar refractivity (Wildman–Crippen MR) is 89.0 cm³/mol. The van der Waals surface area contributed by atoms with Crippen molar-refractivity contribution in [3.05, 3.63) is 17.5 Å². The number of aromatic nitrogens is 1. The Morgan fingerprint density at radius 2 is 2.24 bits per heavy atom. The van der Waals surface area contributed by atoms with Crippen molar-refractivity contribution in [1.82, 2.24) is 15.4 Å². The van der Waals surface area contributed by atoms with Crippen molar-refractivity contribution in [3.63, 3.8) is 0 Å². The molecule has 3 unspecified atom stereocenters. The Balaban J connectivity index is 1.21. The fraction of sp³-hybridized carbons (Fsp3) is 0.722. The molecule has 3 atom stereocenters. The zero-order chi connectivity index (χ0) is 17.4. The first-order chi connectivity index (χ1) is 12.1. The van der Waals surface area contributed by atoms with E-state index in [2.05, 4.69) is 15.4 Å². The first kappa shape index (κ1) is 16.6. The summed E-state index contributed by atoms with van der Waals surface area (Å²) in [7, 11) is 0. The van der Waals surface area contributed by atoms with Crippen LogP contribution in [0.5, 0.6) is 0 Å². The van der Waals surface area contributed by atoms with E-state index >= 15 is 0 Å². The van der Waals surface area contributed by atoms with E-state index in [1.807, 2.05) is 6.92 Å². The summed E-state index contributed by atoms with van der Waals surface area (Å²) in [6.45, 7) is 4.97. The zero-order valence-electron chi connectivity index (χ0n) is 14.6. The van der Waals surface area contributed by atoms with Gasteiger partial charge in [-0.1, -0.05) is 5.16 Å². The molecular formula is C18H25N3O4. The smallest absolute Gasteiger partial charge is 0.309 e. The molecule has 136 valence electrons. The molecule has 7 heteroatoms. The lowest BCUT2D eigenvalue weighted by molar-refractivity contribution is -0.145. The molecule has 1 aromatic rings. The van der Waals surface area contributed by atoms with Gasteiger partial charge in [-0.05, 0) is 38.5 Å². The molecule has 2 heterocycles. The Morgan fingerprint density at radius 1 is 1.40 bits per heavy atom. The van der Waals surface area contributed by atoms with Crippen molar-refractivity contribution in [3.8, 4) is 0 Å². The van der Waals surface area contributed by atoms with Gasteiger partial charge in [0.25, 0.3) is 5.91 Å². The van der Waals surface area contributed by atoms with Crippen molar-refractivity contribution in [2.75, 3.05) is 26.2 Å². The average molecular weight is 347 g/mol. The van der Waals surface area contributed by atoms with Gasteiger partial charge in [-0.15, -0.1) is 0 Å². The van der Waals surface area contributed by atoms with Crippen LogP contribution in [-0.2, 0) is 9.53 Å². The van der Waals surface area contributed by atoms with Crippen molar-refractivity contribution in [1.29, 1.82) is 0 Å². The van der Waals surface area contributed by atoms with Crippen LogP contribution in [0, 0.1) is 11.8 Å². The standard InChI is InChI=1S/C18H25N3O4/c1-2-24-18(23)14-7-12(14)9-21-6-5-13(10-21)19-17(22)15-8-16(25-20-15)11-3-4-11/h8,11-14H,2-7,9-10H2,1H3,(H,19,22). The van der Waals surface area contributed by atoms with Gasteiger partial charge in [-0.2, -0.15) is 0 Å². The third-order valence-electron chi connectivity index (χ3n) is 5.35. The number of ether oxygens (including phenoxy) is 1. The van der Waals surface area contributed by atoms with Crippen LogP contribution in [0.1, 0.15) is 54.8 Å². The number of rotatable bonds is 7. The SMILES string of the molecule is CCOC(=O)C1CC1CN1CCC(NC(=O)c2cc(C3CC3)on2)C1. The Bertz CT molecular complexity index is 655. The van der Waals surface area contributed by atoms with Crippen LogP contribution in [0.3, 0.4) is 0 Å². The first-order valence-corrected chi connectivity index (χ1v) is 9.30. The lowest BCUT2D eigenvalue weighted by Crippen LogP contribution is -2.37. The maximum absolute atomic E-state index is 12.3. The number of likely N-dealkylation sites (tertiary alicyclic amines) is 1. The number of nitrogens with zero attached hydrogens (tertiary/aromatic N) is 2. The van der Waals surface area contributed by atoms with E-state index in [1.54, 1.807) is 6.07 Å². The fourth-order valence-corrected chi connectivity index (χ4v) is 3.65. The Hall–Kier alpha value is -1.89. The largest absolute Gasteiger partial charge is 0.466 e.